The van der Waals surface area contributed by atoms with Crippen molar-refractivity contribution in [2.24, 2.45) is 0 Å². The van der Waals surface area contributed by atoms with Crippen molar-refractivity contribution in [3.63, 3.8) is 0 Å². The lowest BCUT2D eigenvalue weighted by Crippen LogP contribution is -2.33. The van der Waals surface area contributed by atoms with Gasteiger partial charge in [-0.2, -0.15) is 0 Å². The molecule has 0 spiro atoms. The second kappa shape index (κ2) is 7.58. The third-order valence-corrected chi connectivity index (χ3v) is 4.97. The summed E-state index contributed by atoms with van der Waals surface area (Å²) in [5.74, 6) is -0.231. The summed E-state index contributed by atoms with van der Waals surface area (Å²) in [4.78, 5) is 14.8. The van der Waals surface area contributed by atoms with Crippen molar-refractivity contribution in [2.45, 2.75) is 45.1 Å². The van der Waals surface area contributed by atoms with Crippen LogP contribution in [0.4, 0.5) is 10.1 Å². The fourth-order valence-electron chi connectivity index (χ4n) is 3.70. The number of benzene rings is 2. The zero-order chi connectivity index (χ0) is 18.7. The lowest BCUT2D eigenvalue weighted by atomic mass is 9.86. The highest BCUT2D eigenvalue weighted by molar-refractivity contribution is 5.93. The number of carbonyl (C=O) groups excluding carboxylic acids is 1. The van der Waals surface area contributed by atoms with Gasteiger partial charge in [0.15, 0.2) is 0 Å². The molecule has 1 amide bonds. The summed E-state index contributed by atoms with van der Waals surface area (Å²) in [7, 11) is 0. The van der Waals surface area contributed by atoms with E-state index >= 15 is 0 Å². The Bertz CT molecular complexity index is 764. The van der Waals surface area contributed by atoms with Crippen molar-refractivity contribution in [1.29, 1.82) is 0 Å². The number of hydrogen-bond acceptors (Lipinski definition) is 2. The number of amides is 1. The largest absolute Gasteiger partial charge is 0.325 e. The lowest BCUT2D eigenvalue weighted by Gasteiger charge is -2.26. The molecule has 1 unspecified atom stereocenters. The molecule has 0 radical (unpaired) electrons. The van der Waals surface area contributed by atoms with Gasteiger partial charge in [-0.15, -0.1) is 0 Å². The van der Waals surface area contributed by atoms with Gasteiger partial charge in [-0.25, -0.2) is 4.39 Å². The molecule has 1 aliphatic rings. The first kappa shape index (κ1) is 18.6. The summed E-state index contributed by atoms with van der Waals surface area (Å²) >= 11 is 0. The van der Waals surface area contributed by atoms with Crippen molar-refractivity contribution < 1.29 is 9.18 Å². The lowest BCUT2D eigenvalue weighted by molar-refractivity contribution is -0.117. The van der Waals surface area contributed by atoms with Gasteiger partial charge in [-0.05, 0) is 54.1 Å². The Morgan fingerprint density at radius 2 is 1.85 bits per heavy atom. The van der Waals surface area contributed by atoms with E-state index in [4.69, 9.17) is 0 Å². The highest BCUT2D eigenvalue weighted by Crippen LogP contribution is 2.32. The molecule has 0 bridgehead atoms. The van der Waals surface area contributed by atoms with Crippen LogP contribution in [0.2, 0.25) is 0 Å². The SMILES string of the molecule is CC(C)(C)c1ccccc1NC(=O)CN1CCCC1c1ccc(F)cc1. The summed E-state index contributed by atoms with van der Waals surface area (Å²) in [6, 6.07) is 14.8. The summed E-state index contributed by atoms with van der Waals surface area (Å²) in [5.41, 5.74) is 3.05. The van der Waals surface area contributed by atoms with Crippen LogP contribution in [0.15, 0.2) is 48.5 Å². The summed E-state index contributed by atoms with van der Waals surface area (Å²) in [6.45, 7) is 7.66. The predicted molar refractivity (Wildman–Crippen MR) is 104 cm³/mol. The molecule has 4 heteroatoms. The topological polar surface area (TPSA) is 32.3 Å². The smallest absolute Gasteiger partial charge is 0.238 e. The van der Waals surface area contributed by atoms with Gasteiger partial charge in [-0.3, -0.25) is 9.69 Å². The van der Waals surface area contributed by atoms with Gasteiger partial charge in [0.2, 0.25) is 5.91 Å². The normalized spacial score (nSPS) is 18.1. The standard InChI is InChI=1S/C22H27FN2O/c1-22(2,3)18-7-4-5-8-19(18)24-21(26)15-25-14-6-9-20(25)16-10-12-17(23)13-11-16/h4-5,7-8,10-13,20H,6,9,14-15H2,1-3H3,(H,24,26). The van der Waals surface area contributed by atoms with Gasteiger partial charge in [-0.1, -0.05) is 51.1 Å². The van der Waals surface area contributed by atoms with Crippen molar-refractivity contribution in [2.75, 3.05) is 18.4 Å². The van der Waals surface area contributed by atoms with Crippen LogP contribution in [0, 0.1) is 5.82 Å². The van der Waals surface area contributed by atoms with Gasteiger partial charge in [0.1, 0.15) is 5.82 Å². The quantitative estimate of drug-likeness (QED) is 0.847. The first-order valence-electron chi connectivity index (χ1n) is 9.23. The molecule has 2 aromatic rings. The molecule has 1 fully saturated rings. The third kappa shape index (κ3) is 4.31. The van der Waals surface area contributed by atoms with E-state index in [9.17, 15) is 9.18 Å². The molecule has 3 nitrogen and oxygen atoms in total. The minimum atomic E-state index is -0.227. The van der Waals surface area contributed by atoms with E-state index in [-0.39, 0.29) is 23.2 Å². The zero-order valence-corrected chi connectivity index (χ0v) is 15.8. The Balaban J connectivity index is 1.69. The van der Waals surface area contributed by atoms with E-state index in [0.29, 0.717) is 6.54 Å². The number of anilines is 1. The van der Waals surface area contributed by atoms with E-state index < -0.39 is 0 Å². The summed E-state index contributed by atoms with van der Waals surface area (Å²) < 4.78 is 13.2. The number of nitrogens with zero attached hydrogens (tertiary/aromatic N) is 1. The van der Waals surface area contributed by atoms with Gasteiger partial charge in [0, 0.05) is 11.7 Å². The van der Waals surface area contributed by atoms with E-state index in [1.807, 2.05) is 30.3 Å². The van der Waals surface area contributed by atoms with Crippen LogP contribution >= 0.6 is 0 Å². The van der Waals surface area contributed by atoms with Crippen molar-refractivity contribution in [3.05, 3.63) is 65.5 Å². The molecule has 1 aliphatic heterocycles. The summed E-state index contributed by atoms with van der Waals surface area (Å²) in [6.07, 6.45) is 2.05. The maximum absolute atomic E-state index is 13.2. The van der Waals surface area contributed by atoms with E-state index in [1.165, 1.54) is 12.1 Å². The first-order valence-corrected chi connectivity index (χ1v) is 9.23. The average Bonchev–Trinajstić information content (AvgIpc) is 3.03. The van der Waals surface area contributed by atoms with Crippen molar-refractivity contribution >= 4 is 11.6 Å². The Kier molecular flexibility index (Phi) is 5.42. The van der Waals surface area contributed by atoms with Crippen LogP contribution in [0.25, 0.3) is 0 Å². The van der Waals surface area contributed by atoms with Crippen LogP contribution in [-0.4, -0.2) is 23.9 Å². The number of hydrogen-bond donors (Lipinski definition) is 1. The molecule has 0 saturated carbocycles. The second-order valence-electron chi connectivity index (χ2n) is 8.02. The molecule has 138 valence electrons. The van der Waals surface area contributed by atoms with Gasteiger partial charge in [0.25, 0.3) is 0 Å². The average molecular weight is 354 g/mol. The molecule has 1 N–H and O–H groups in total. The Morgan fingerprint density at radius 1 is 1.15 bits per heavy atom. The zero-order valence-electron chi connectivity index (χ0n) is 15.8. The van der Waals surface area contributed by atoms with E-state index in [1.54, 1.807) is 0 Å². The third-order valence-electron chi connectivity index (χ3n) is 4.97. The van der Waals surface area contributed by atoms with Gasteiger partial charge < -0.3 is 5.32 Å². The maximum atomic E-state index is 13.2. The number of carbonyl (C=O) groups is 1. The highest BCUT2D eigenvalue weighted by atomic mass is 19.1. The fraction of sp³-hybridized carbons (Fsp3) is 0.409. The van der Waals surface area contributed by atoms with Crippen LogP contribution in [0.5, 0.6) is 0 Å². The molecular weight excluding hydrogens is 327 g/mol. The minimum Gasteiger partial charge on any atom is -0.325 e. The van der Waals surface area contributed by atoms with Crippen molar-refractivity contribution in [3.8, 4) is 0 Å². The van der Waals surface area contributed by atoms with Gasteiger partial charge in [0.05, 0.1) is 6.54 Å². The van der Waals surface area contributed by atoms with Crippen LogP contribution in [-0.2, 0) is 10.2 Å². The van der Waals surface area contributed by atoms with E-state index in [0.717, 1.165) is 36.2 Å². The molecule has 0 aliphatic carbocycles. The first-order chi connectivity index (χ1) is 12.3. The molecule has 26 heavy (non-hydrogen) atoms. The Hall–Kier alpha value is -2.20. The number of rotatable bonds is 4. The number of likely N-dealkylation sites (tertiary alicyclic amines) is 1. The molecular formula is C22H27FN2O. The second-order valence-corrected chi connectivity index (χ2v) is 8.02. The number of nitrogens with one attached hydrogen (secondary N) is 1. The molecule has 0 aromatic heterocycles. The number of para-hydroxylation sites is 1. The van der Waals surface area contributed by atoms with Crippen molar-refractivity contribution in [1.82, 2.24) is 4.90 Å². The maximum Gasteiger partial charge on any atom is 0.238 e. The fourth-order valence-corrected chi connectivity index (χ4v) is 3.70. The minimum absolute atomic E-state index is 0.00397. The van der Waals surface area contributed by atoms with Crippen LogP contribution < -0.4 is 5.32 Å². The molecule has 1 saturated heterocycles. The van der Waals surface area contributed by atoms with Crippen LogP contribution in [0.1, 0.15) is 50.8 Å². The monoisotopic (exact) mass is 354 g/mol. The van der Waals surface area contributed by atoms with E-state index in [2.05, 4.69) is 37.1 Å². The predicted octanol–water partition coefficient (Wildman–Crippen LogP) is 4.90. The highest BCUT2D eigenvalue weighted by Gasteiger charge is 2.28. The molecule has 3 rings (SSSR count). The Labute approximate surface area is 155 Å². The molecule has 2 aromatic carbocycles. The Morgan fingerprint density at radius 3 is 2.54 bits per heavy atom. The van der Waals surface area contributed by atoms with Gasteiger partial charge >= 0.3 is 0 Å². The number of halogens is 1. The molecule has 1 heterocycles. The molecule has 1 atom stereocenters. The van der Waals surface area contributed by atoms with Crippen LogP contribution in [0.3, 0.4) is 0 Å². The summed E-state index contributed by atoms with van der Waals surface area (Å²) in [5, 5.41) is 3.08.